The highest BCUT2D eigenvalue weighted by Gasteiger charge is 2.22. The lowest BCUT2D eigenvalue weighted by Gasteiger charge is -2.34. The molecule has 1 aromatic heterocycles. The molecular formula is C13H22N4O. The molecule has 1 saturated heterocycles. The molecule has 1 aliphatic heterocycles. The number of aromatic nitrogens is 2. The van der Waals surface area contributed by atoms with E-state index in [1.807, 2.05) is 20.9 Å². The third-order valence-corrected chi connectivity index (χ3v) is 3.55. The Labute approximate surface area is 108 Å². The molecule has 100 valence electrons. The summed E-state index contributed by atoms with van der Waals surface area (Å²) in [7, 11) is 1.88. The van der Waals surface area contributed by atoms with Gasteiger partial charge in [-0.05, 0) is 32.6 Å². The molecule has 5 nitrogen and oxygen atoms in total. The van der Waals surface area contributed by atoms with E-state index in [2.05, 4.69) is 20.2 Å². The summed E-state index contributed by atoms with van der Waals surface area (Å²) in [4.78, 5) is 11.2. The first-order valence-electron chi connectivity index (χ1n) is 6.54. The minimum absolute atomic E-state index is 0.262. The third-order valence-electron chi connectivity index (χ3n) is 3.55. The van der Waals surface area contributed by atoms with Crippen LogP contribution in [0.3, 0.4) is 0 Å². The molecule has 18 heavy (non-hydrogen) atoms. The lowest BCUT2D eigenvalue weighted by atomic mass is 9.99. The molecule has 0 aromatic carbocycles. The lowest BCUT2D eigenvalue weighted by molar-refractivity contribution is 0.208. The molecule has 2 N–H and O–H groups in total. The number of piperidine rings is 1. The molecule has 1 aromatic rings. The van der Waals surface area contributed by atoms with Crippen LogP contribution in [0.4, 0.5) is 11.6 Å². The number of aryl methyl sites for hydroxylation is 1. The zero-order valence-corrected chi connectivity index (χ0v) is 11.4. The van der Waals surface area contributed by atoms with Crippen molar-refractivity contribution in [3.63, 3.8) is 0 Å². The van der Waals surface area contributed by atoms with Crippen LogP contribution in [0.5, 0.6) is 0 Å². The maximum Gasteiger partial charge on any atom is 0.137 e. The average molecular weight is 250 g/mol. The molecule has 1 unspecified atom stereocenters. The van der Waals surface area contributed by atoms with Crippen LogP contribution in [-0.4, -0.2) is 41.8 Å². The van der Waals surface area contributed by atoms with E-state index in [-0.39, 0.29) is 6.61 Å². The largest absolute Gasteiger partial charge is 0.396 e. The number of rotatable bonds is 3. The Hall–Kier alpha value is -1.36. The smallest absolute Gasteiger partial charge is 0.137 e. The zero-order valence-electron chi connectivity index (χ0n) is 11.4. The molecule has 0 radical (unpaired) electrons. The van der Waals surface area contributed by atoms with Crippen LogP contribution in [0.1, 0.15) is 24.2 Å². The molecule has 5 heteroatoms. The summed E-state index contributed by atoms with van der Waals surface area (Å²) < 4.78 is 0. The molecule has 2 rings (SSSR count). The first-order chi connectivity index (χ1) is 8.65. The fraction of sp³-hybridized carbons (Fsp3) is 0.692. The number of nitrogens with one attached hydrogen (secondary N) is 1. The quantitative estimate of drug-likeness (QED) is 0.848. The van der Waals surface area contributed by atoms with Crippen LogP contribution in [0.25, 0.3) is 0 Å². The predicted molar refractivity (Wildman–Crippen MR) is 73.1 cm³/mol. The van der Waals surface area contributed by atoms with Crippen LogP contribution in [0, 0.1) is 19.8 Å². The Morgan fingerprint density at radius 3 is 2.83 bits per heavy atom. The van der Waals surface area contributed by atoms with Crippen molar-refractivity contribution in [3.05, 3.63) is 11.4 Å². The van der Waals surface area contributed by atoms with Crippen LogP contribution < -0.4 is 10.2 Å². The summed E-state index contributed by atoms with van der Waals surface area (Å²) in [6, 6.07) is 0. The van der Waals surface area contributed by atoms with Crippen molar-refractivity contribution in [1.82, 2.24) is 9.97 Å². The Bertz CT molecular complexity index is 422. The fourth-order valence-corrected chi connectivity index (χ4v) is 2.57. The van der Waals surface area contributed by atoms with E-state index in [4.69, 9.17) is 0 Å². The Morgan fingerprint density at radius 2 is 2.17 bits per heavy atom. The van der Waals surface area contributed by atoms with Gasteiger partial charge in [-0.1, -0.05) is 0 Å². The fourth-order valence-electron chi connectivity index (χ4n) is 2.57. The van der Waals surface area contributed by atoms with Crippen molar-refractivity contribution >= 4 is 11.6 Å². The summed E-state index contributed by atoms with van der Waals surface area (Å²) in [5, 5.41) is 12.4. The number of aliphatic hydroxyl groups excluding tert-OH is 1. The molecule has 0 aliphatic carbocycles. The lowest BCUT2D eigenvalue weighted by Crippen LogP contribution is -2.38. The van der Waals surface area contributed by atoms with E-state index in [1.165, 1.54) is 0 Å². The highest BCUT2D eigenvalue weighted by molar-refractivity contribution is 5.58. The average Bonchev–Trinajstić information content (AvgIpc) is 2.41. The second-order valence-corrected chi connectivity index (χ2v) is 4.95. The van der Waals surface area contributed by atoms with Gasteiger partial charge in [-0.15, -0.1) is 0 Å². The second kappa shape index (κ2) is 5.52. The first-order valence-corrected chi connectivity index (χ1v) is 6.54. The molecule has 1 fully saturated rings. The summed E-state index contributed by atoms with van der Waals surface area (Å²) >= 11 is 0. The summed E-state index contributed by atoms with van der Waals surface area (Å²) in [6.45, 7) is 6.12. The van der Waals surface area contributed by atoms with Gasteiger partial charge < -0.3 is 15.3 Å². The van der Waals surface area contributed by atoms with E-state index < -0.39 is 0 Å². The van der Waals surface area contributed by atoms with Crippen LogP contribution in [-0.2, 0) is 0 Å². The van der Waals surface area contributed by atoms with Gasteiger partial charge in [-0.2, -0.15) is 0 Å². The van der Waals surface area contributed by atoms with Gasteiger partial charge in [0.15, 0.2) is 0 Å². The first kappa shape index (κ1) is 13.1. The van der Waals surface area contributed by atoms with E-state index >= 15 is 0 Å². The van der Waals surface area contributed by atoms with Crippen molar-refractivity contribution < 1.29 is 5.11 Å². The minimum atomic E-state index is 0.262. The number of nitrogens with zero attached hydrogens (tertiary/aromatic N) is 3. The van der Waals surface area contributed by atoms with Crippen molar-refractivity contribution in [2.45, 2.75) is 26.7 Å². The summed E-state index contributed by atoms with van der Waals surface area (Å²) in [5.74, 6) is 3.05. The van der Waals surface area contributed by atoms with Gasteiger partial charge in [0.1, 0.15) is 17.5 Å². The minimum Gasteiger partial charge on any atom is -0.396 e. The second-order valence-electron chi connectivity index (χ2n) is 4.95. The summed E-state index contributed by atoms with van der Waals surface area (Å²) in [6.07, 6.45) is 2.22. The maximum absolute atomic E-state index is 9.31. The molecule has 0 amide bonds. The SMILES string of the molecule is CNc1nc(C)nc(N2CCCC(CO)C2)c1C. The Morgan fingerprint density at radius 1 is 1.39 bits per heavy atom. The molecule has 0 saturated carbocycles. The van der Waals surface area contributed by atoms with Crippen molar-refractivity contribution in [1.29, 1.82) is 0 Å². The molecule has 2 heterocycles. The van der Waals surface area contributed by atoms with Gasteiger partial charge in [0.05, 0.1) is 0 Å². The van der Waals surface area contributed by atoms with Crippen molar-refractivity contribution in [3.8, 4) is 0 Å². The Balaban J connectivity index is 2.29. The molecule has 0 spiro atoms. The van der Waals surface area contributed by atoms with E-state index in [0.717, 1.165) is 49.0 Å². The molecule has 1 atom stereocenters. The Kier molecular flexibility index (Phi) is 4.01. The highest BCUT2D eigenvalue weighted by atomic mass is 16.3. The van der Waals surface area contributed by atoms with Gasteiger partial charge in [0.2, 0.25) is 0 Å². The topological polar surface area (TPSA) is 61.3 Å². The van der Waals surface area contributed by atoms with Crippen molar-refractivity contribution in [2.75, 3.05) is 37.0 Å². The maximum atomic E-state index is 9.31. The van der Waals surface area contributed by atoms with Crippen molar-refractivity contribution in [2.24, 2.45) is 5.92 Å². The van der Waals surface area contributed by atoms with Crippen LogP contribution in [0.15, 0.2) is 0 Å². The summed E-state index contributed by atoms with van der Waals surface area (Å²) in [5.41, 5.74) is 1.08. The number of hydrogen-bond acceptors (Lipinski definition) is 5. The van der Waals surface area contributed by atoms with Crippen LogP contribution in [0.2, 0.25) is 0 Å². The van der Waals surface area contributed by atoms with E-state index in [1.54, 1.807) is 0 Å². The predicted octanol–water partition coefficient (Wildman–Crippen LogP) is 1.34. The zero-order chi connectivity index (χ0) is 13.1. The molecular weight excluding hydrogens is 228 g/mol. The molecule has 0 bridgehead atoms. The van der Waals surface area contributed by atoms with Gasteiger partial charge in [0, 0.05) is 32.3 Å². The third kappa shape index (κ3) is 2.56. The standard InChI is InChI=1S/C13H22N4O/c1-9-12(14-3)15-10(2)16-13(9)17-6-4-5-11(7-17)8-18/h11,18H,4-8H2,1-3H3,(H,14,15,16). The van der Waals surface area contributed by atoms with Crippen LogP contribution >= 0.6 is 0 Å². The normalized spacial score (nSPS) is 20.0. The number of anilines is 2. The number of hydrogen-bond donors (Lipinski definition) is 2. The highest BCUT2D eigenvalue weighted by Crippen LogP contribution is 2.27. The molecule has 1 aliphatic rings. The van der Waals surface area contributed by atoms with Gasteiger partial charge >= 0.3 is 0 Å². The monoisotopic (exact) mass is 250 g/mol. The van der Waals surface area contributed by atoms with E-state index in [9.17, 15) is 5.11 Å². The number of aliphatic hydroxyl groups is 1. The van der Waals surface area contributed by atoms with E-state index in [0.29, 0.717) is 5.92 Å². The van der Waals surface area contributed by atoms with Gasteiger partial charge in [-0.25, -0.2) is 9.97 Å². The van der Waals surface area contributed by atoms with Gasteiger partial charge in [0.25, 0.3) is 0 Å². The van der Waals surface area contributed by atoms with Gasteiger partial charge in [-0.3, -0.25) is 0 Å².